The molecule has 28 heavy (non-hydrogen) atoms. The van der Waals surface area contributed by atoms with Crippen molar-refractivity contribution in [3.05, 3.63) is 70.4 Å². The molecular formula is C20H16N2O6. The number of methoxy groups -OCH3 is 2. The number of aromatic nitrogens is 1. The second kappa shape index (κ2) is 8.17. The topological polar surface area (TPSA) is 101 Å². The van der Waals surface area contributed by atoms with Gasteiger partial charge in [-0.3, -0.25) is 15.1 Å². The molecule has 0 aliphatic rings. The third-order valence-electron chi connectivity index (χ3n) is 3.93. The number of pyridine rings is 1. The van der Waals surface area contributed by atoms with Crippen LogP contribution in [-0.2, 0) is 4.79 Å². The molecule has 0 saturated heterocycles. The summed E-state index contributed by atoms with van der Waals surface area (Å²) in [4.78, 5) is 27.1. The van der Waals surface area contributed by atoms with Gasteiger partial charge in [0, 0.05) is 23.7 Å². The smallest absolute Gasteiger partial charge is 0.336 e. The lowest BCUT2D eigenvalue weighted by Gasteiger charge is -2.08. The lowest BCUT2D eigenvalue weighted by molar-refractivity contribution is -0.385. The van der Waals surface area contributed by atoms with Gasteiger partial charge >= 0.3 is 11.7 Å². The van der Waals surface area contributed by atoms with E-state index < -0.39 is 10.9 Å². The van der Waals surface area contributed by atoms with Gasteiger partial charge in [0.15, 0.2) is 11.5 Å². The van der Waals surface area contributed by atoms with E-state index in [9.17, 15) is 14.9 Å². The number of fused-ring (bicyclic) bond motifs is 1. The molecule has 142 valence electrons. The number of ether oxygens (including phenoxy) is 3. The Kier molecular flexibility index (Phi) is 5.50. The maximum absolute atomic E-state index is 12.3. The molecule has 1 heterocycles. The average molecular weight is 380 g/mol. The van der Waals surface area contributed by atoms with Crippen LogP contribution in [0, 0.1) is 10.1 Å². The number of esters is 1. The molecule has 0 amide bonds. The Hall–Kier alpha value is -3.94. The van der Waals surface area contributed by atoms with Crippen LogP contribution < -0.4 is 14.2 Å². The first kappa shape index (κ1) is 18.8. The van der Waals surface area contributed by atoms with Gasteiger partial charge in [0.1, 0.15) is 5.52 Å². The maximum Gasteiger partial charge on any atom is 0.336 e. The molecule has 0 spiro atoms. The summed E-state index contributed by atoms with van der Waals surface area (Å²) < 4.78 is 15.6. The Morgan fingerprint density at radius 3 is 2.61 bits per heavy atom. The summed E-state index contributed by atoms with van der Waals surface area (Å²) in [7, 11) is 3.03. The number of rotatable bonds is 6. The van der Waals surface area contributed by atoms with Gasteiger partial charge in [-0.15, -0.1) is 0 Å². The van der Waals surface area contributed by atoms with Crippen LogP contribution in [0.3, 0.4) is 0 Å². The highest BCUT2D eigenvalue weighted by Gasteiger charge is 2.21. The molecule has 0 saturated carbocycles. The third-order valence-corrected chi connectivity index (χ3v) is 3.93. The lowest BCUT2D eigenvalue weighted by Crippen LogP contribution is -2.07. The molecule has 0 bridgehead atoms. The Bertz CT molecular complexity index is 1080. The summed E-state index contributed by atoms with van der Waals surface area (Å²) in [5.74, 6) is 0.104. The predicted molar refractivity (Wildman–Crippen MR) is 103 cm³/mol. The van der Waals surface area contributed by atoms with E-state index >= 15 is 0 Å². The zero-order chi connectivity index (χ0) is 20.1. The molecule has 0 aliphatic heterocycles. The molecule has 0 aliphatic carbocycles. The molecule has 8 nitrogen and oxygen atoms in total. The number of nitro groups is 1. The Balaban J connectivity index is 1.88. The van der Waals surface area contributed by atoms with Gasteiger partial charge in [-0.05, 0) is 35.9 Å². The summed E-state index contributed by atoms with van der Waals surface area (Å²) in [6, 6.07) is 11.4. The van der Waals surface area contributed by atoms with E-state index in [0.29, 0.717) is 22.4 Å². The monoisotopic (exact) mass is 380 g/mol. The van der Waals surface area contributed by atoms with E-state index in [2.05, 4.69) is 4.98 Å². The second-order valence-electron chi connectivity index (χ2n) is 5.61. The fourth-order valence-corrected chi connectivity index (χ4v) is 2.61. The van der Waals surface area contributed by atoms with E-state index in [0.717, 1.165) is 0 Å². The first-order chi connectivity index (χ1) is 13.5. The normalized spacial score (nSPS) is 10.8. The van der Waals surface area contributed by atoms with E-state index in [-0.39, 0.29) is 17.0 Å². The Morgan fingerprint density at radius 1 is 1.11 bits per heavy atom. The molecular weight excluding hydrogens is 364 g/mol. The number of nitrogens with zero attached hydrogens (tertiary/aromatic N) is 2. The molecule has 2 aromatic carbocycles. The number of carbonyl (C=O) groups excluding carboxylic acids is 1. The number of benzene rings is 2. The fraction of sp³-hybridized carbons (Fsp3) is 0.100. The van der Waals surface area contributed by atoms with Crippen LogP contribution in [-0.4, -0.2) is 30.1 Å². The van der Waals surface area contributed by atoms with Crippen LogP contribution in [0.2, 0.25) is 0 Å². The highest BCUT2D eigenvalue weighted by atomic mass is 16.6. The standard InChI is InChI=1S/C20H16N2O6/c1-26-16-9-5-13(12-17(16)27-2)6-10-18(23)28-20-15(22(24)25)8-7-14-4-3-11-21-19(14)20/h3-12H,1-2H3/b10-6+. The second-order valence-corrected chi connectivity index (χ2v) is 5.61. The van der Waals surface area contributed by atoms with Crippen molar-refractivity contribution in [1.29, 1.82) is 0 Å². The van der Waals surface area contributed by atoms with Gasteiger partial charge in [0.05, 0.1) is 19.1 Å². The maximum atomic E-state index is 12.3. The van der Waals surface area contributed by atoms with Crippen LogP contribution in [0.15, 0.2) is 54.7 Å². The Morgan fingerprint density at radius 2 is 1.89 bits per heavy atom. The largest absolute Gasteiger partial charge is 0.493 e. The molecule has 0 atom stereocenters. The Labute approximate surface area is 160 Å². The van der Waals surface area contributed by atoms with Crippen molar-refractivity contribution >= 4 is 28.6 Å². The molecule has 3 rings (SSSR count). The number of nitro benzene ring substituents is 1. The average Bonchev–Trinajstić information content (AvgIpc) is 2.72. The minimum atomic E-state index is -0.768. The number of carbonyl (C=O) groups is 1. The highest BCUT2D eigenvalue weighted by Crippen LogP contribution is 2.34. The van der Waals surface area contributed by atoms with E-state index in [1.54, 1.807) is 36.4 Å². The van der Waals surface area contributed by atoms with E-state index in [1.807, 2.05) is 0 Å². The first-order valence-corrected chi connectivity index (χ1v) is 8.17. The van der Waals surface area contributed by atoms with Crippen molar-refractivity contribution in [2.75, 3.05) is 14.2 Å². The lowest BCUT2D eigenvalue weighted by atomic mass is 10.2. The quantitative estimate of drug-likeness (QED) is 0.211. The fourth-order valence-electron chi connectivity index (χ4n) is 2.61. The van der Waals surface area contributed by atoms with E-state index in [4.69, 9.17) is 14.2 Å². The molecule has 3 aromatic rings. The van der Waals surface area contributed by atoms with Gasteiger partial charge in [-0.25, -0.2) is 4.79 Å². The summed E-state index contributed by atoms with van der Waals surface area (Å²) in [6.45, 7) is 0. The van der Waals surface area contributed by atoms with Crippen LogP contribution in [0.25, 0.3) is 17.0 Å². The van der Waals surface area contributed by atoms with E-state index in [1.165, 1.54) is 38.6 Å². The minimum Gasteiger partial charge on any atom is -0.493 e. The summed E-state index contributed by atoms with van der Waals surface area (Å²) in [6.07, 6.45) is 4.16. The highest BCUT2D eigenvalue weighted by molar-refractivity contribution is 5.94. The summed E-state index contributed by atoms with van der Waals surface area (Å²) >= 11 is 0. The third kappa shape index (κ3) is 3.90. The van der Waals surface area contributed by atoms with Gasteiger partial charge in [-0.2, -0.15) is 0 Å². The molecule has 0 unspecified atom stereocenters. The van der Waals surface area contributed by atoms with Crippen molar-refractivity contribution in [3.8, 4) is 17.2 Å². The molecule has 8 heteroatoms. The van der Waals surface area contributed by atoms with Crippen molar-refractivity contribution in [2.24, 2.45) is 0 Å². The number of hydrogen-bond acceptors (Lipinski definition) is 7. The van der Waals surface area contributed by atoms with Crippen LogP contribution in [0.4, 0.5) is 5.69 Å². The van der Waals surface area contributed by atoms with Gasteiger partial charge in [-0.1, -0.05) is 12.1 Å². The zero-order valence-corrected chi connectivity index (χ0v) is 15.1. The predicted octanol–water partition coefficient (Wildman–Crippen LogP) is 3.78. The van der Waals surface area contributed by atoms with Crippen LogP contribution in [0.5, 0.6) is 17.2 Å². The van der Waals surface area contributed by atoms with Gasteiger partial charge in [0.2, 0.25) is 5.75 Å². The molecule has 0 radical (unpaired) electrons. The van der Waals surface area contributed by atoms with Crippen LogP contribution >= 0.6 is 0 Å². The van der Waals surface area contributed by atoms with Crippen molar-refractivity contribution in [3.63, 3.8) is 0 Å². The van der Waals surface area contributed by atoms with Gasteiger partial charge in [0.25, 0.3) is 0 Å². The van der Waals surface area contributed by atoms with Gasteiger partial charge < -0.3 is 14.2 Å². The number of hydrogen-bond donors (Lipinski definition) is 0. The van der Waals surface area contributed by atoms with Crippen LogP contribution in [0.1, 0.15) is 5.56 Å². The summed E-state index contributed by atoms with van der Waals surface area (Å²) in [5.41, 5.74) is 0.573. The molecule has 1 aromatic heterocycles. The van der Waals surface area contributed by atoms with Crippen molar-refractivity contribution in [1.82, 2.24) is 4.98 Å². The van der Waals surface area contributed by atoms with Crippen molar-refractivity contribution in [2.45, 2.75) is 0 Å². The molecule has 0 fully saturated rings. The first-order valence-electron chi connectivity index (χ1n) is 8.17. The zero-order valence-electron chi connectivity index (χ0n) is 15.1. The van der Waals surface area contributed by atoms with Crippen molar-refractivity contribution < 1.29 is 23.9 Å². The minimum absolute atomic E-state index is 0.190. The molecule has 0 N–H and O–H groups in total. The SMILES string of the molecule is COc1ccc(/C=C/C(=O)Oc2c([N+](=O)[O-])ccc3cccnc23)cc1OC. The summed E-state index contributed by atoms with van der Waals surface area (Å²) in [5, 5.41) is 11.9.